The number of nitrogens with zero attached hydrogens (tertiary/aromatic N) is 1. The highest BCUT2D eigenvalue weighted by Gasteiger charge is 2.30. The Morgan fingerprint density at radius 1 is 1.50 bits per heavy atom. The van der Waals surface area contributed by atoms with Gasteiger partial charge >= 0.3 is 0 Å². The standard InChI is InChI=1S/C11H13N/c1-5-8-10(6-2)11(4,7-3)9-12/h1,3,10H,6,8H2,2,4H3/t10-,11?/m1/s1. The van der Waals surface area contributed by atoms with E-state index >= 15 is 0 Å². The molecule has 0 fully saturated rings. The van der Waals surface area contributed by atoms with Crippen LogP contribution in [0, 0.1) is 47.4 Å². The van der Waals surface area contributed by atoms with E-state index in [1.165, 1.54) is 0 Å². The highest BCUT2D eigenvalue weighted by Crippen LogP contribution is 2.30. The second-order valence-electron chi connectivity index (χ2n) is 2.97. The summed E-state index contributed by atoms with van der Waals surface area (Å²) in [7, 11) is 0. The summed E-state index contributed by atoms with van der Waals surface area (Å²) in [6, 6.07) is 2.13. The third-order valence-corrected chi connectivity index (χ3v) is 2.21. The predicted octanol–water partition coefficient (Wildman–Crippen LogP) is 2.20. The molecule has 0 saturated heterocycles. The molecule has 1 heteroatoms. The summed E-state index contributed by atoms with van der Waals surface area (Å²) in [6.45, 7) is 3.76. The smallest absolute Gasteiger partial charge is 0.118 e. The van der Waals surface area contributed by atoms with Gasteiger partial charge in [0.05, 0.1) is 6.07 Å². The van der Waals surface area contributed by atoms with Crippen LogP contribution in [-0.2, 0) is 0 Å². The van der Waals surface area contributed by atoms with Gasteiger partial charge in [-0.15, -0.1) is 18.8 Å². The normalized spacial score (nSPS) is 16.2. The molecule has 0 spiro atoms. The Labute approximate surface area is 74.8 Å². The molecule has 0 saturated carbocycles. The second-order valence-corrected chi connectivity index (χ2v) is 2.97. The molecule has 0 aliphatic carbocycles. The lowest BCUT2D eigenvalue weighted by Crippen LogP contribution is -2.23. The minimum Gasteiger partial charge on any atom is -0.197 e. The summed E-state index contributed by atoms with van der Waals surface area (Å²) in [6.07, 6.45) is 11.9. The molecule has 0 aromatic heterocycles. The maximum absolute atomic E-state index is 8.85. The van der Waals surface area contributed by atoms with Gasteiger partial charge in [-0.05, 0) is 19.3 Å². The van der Waals surface area contributed by atoms with E-state index in [4.69, 9.17) is 18.1 Å². The van der Waals surface area contributed by atoms with Crippen molar-refractivity contribution in [1.82, 2.24) is 0 Å². The molecular formula is C11H13N. The quantitative estimate of drug-likeness (QED) is 0.579. The SMILES string of the molecule is C#CC[C@@H](CC)C(C)(C#C)C#N. The minimum atomic E-state index is -0.707. The molecule has 12 heavy (non-hydrogen) atoms. The summed E-state index contributed by atoms with van der Waals surface area (Å²) in [5.41, 5.74) is -0.707. The lowest BCUT2D eigenvalue weighted by Gasteiger charge is -2.23. The first kappa shape index (κ1) is 10.6. The summed E-state index contributed by atoms with van der Waals surface area (Å²) in [5.74, 6) is 5.16. The molecule has 62 valence electrons. The Morgan fingerprint density at radius 3 is 2.33 bits per heavy atom. The van der Waals surface area contributed by atoms with Crippen LogP contribution in [0.2, 0.25) is 0 Å². The van der Waals surface area contributed by atoms with Crippen molar-refractivity contribution in [3.8, 4) is 30.8 Å². The van der Waals surface area contributed by atoms with E-state index in [-0.39, 0.29) is 5.92 Å². The summed E-state index contributed by atoms with van der Waals surface area (Å²) >= 11 is 0. The van der Waals surface area contributed by atoms with E-state index in [2.05, 4.69) is 17.9 Å². The van der Waals surface area contributed by atoms with Crippen molar-refractivity contribution >= 4 is 0 Å². The monoisotopic (exact) mass is 159 g/mol. The number of rotatable bonds is 3. The number of terminal acetylenes is 2. The van der Waals surface area contributed by atoms with Crippen molar-refractivity contribution in [2.75, 3.05) is 0 Å². The van der Waals surface area contributed by atoms with Gasteiger partial charge < -0.3 is 0 Å². The van der Waals surface area contributed by atoms with Crippen LogP contribution in [0.15, 0.2) is 0 Å². The van der Waals surface area contributed by atoms with Crippen molar-refractivity contribution in [3.63, 3.8) is 0 Å². The maximum atomic E-state index is 8.85. The zero-order valence-electron chi connectivity index (χ0n) is 7.59. The second kappa shape index (κ2) is 4.48. The van der Waals surface area contributed by atoms with Crippen molar-refractivity contribution in [2.24, 2.45) is 11.3 Å². The van der Waals surface area contributed by atoms with Crippen LogP contribution in [0.25, 0.3) is 0 Å². The molecule has 0 amide bonds. The average molecular weight is 159 g/mol. The van der Waals surface area contributed by atoms with E-state index in [0.29, 0.717) is 6.42 Å². The Kier molecular flexibility index (Phi) is 3.96. The van der Waals surface area contributed by atoms with Crippen LogP contribution < -0.4 is 0 Å². The summed E-state index contributed by atoms with van der Waals surface area (Å²) in [5, 5.41) is 8.85. The topological polar surface area (TPSA) is 23.8 Å². The van der Waals surface area contributed by atoms with E-state index in [0.717, 1.165) is 6.42 Å². The fraction of sp³-hybridized carbons (Fsp3) is 0.545. The predicted molar refractivity (Wildman–Crippen MR) is 49.8 cm³/mol. The molecular weight excluding hydrogens is 146 g/mol. The Bertz CT molecular complexity index is 242. The largest absolute Gasteiger partial charge is 0.197 e. The van der Waals surface area contributed by atoms with E-state index in [1.54, 1.807) is 6.92 Å². The molecule has 0 aliphatic heterocycles. The molecule has 0 radical (unpaired) electrons. The Hall–Kier alpha value is -1.39. The third-order valence-electron chi connectivity index (χ3n) is 2.21. The van der Waals surface area contributed by atoms with Gasteiger partial charge in [-0.1, -0.05) is 12.8 Å². The van der Waals surface area contributed by atoms with E-state index < -0.39 is 5.41 Å². The van der Waals surface area contributed by atoms with Gasteiger partial charge in [0.2, 0.25) is 0 Å². The maximum Gasteiger partial charge on any atom is 0.118 e. The van der Waals surface area contributed by atoms with Gasteiger partial charge in [-0.25, -0.2) is 0 Å². The van der Waals surface area contributed by atoms with Gasteiger partial charge in [0.25, 0.3) is 0 Å². The minimum absolute atomic E-state index is 0.109. The zero-order chi connectivity index (χ0) is 9.61. The summed E-state index contributed by atoms with van der Waals surface area (Å²) in [4.78, 5) is 0. The first-order valence-corrected chi connectivity index (χ1v) is 3.97. The number of nitriles is 1. The molecule has 0 aromatic rings. The van der Waals surface area contributed by atoms with Crippen LogP contribution in [-0.4, -0.2) is 0 Å². The number of hydrogen-bond acceptors (Lipinski definition) is 1. The van der Waals surface area contributed by atoms with Gasteiger partial charge in [-0.2, -0.15) is 5.26 Å². The Morgan fingerprint density at radius 2 is 2.08 bits per heavy atom. The molecule has 0 aliphatic rings. The van der Waals surface area contributed by atoms with E-state index in [9.17, 15) is 0 Å². The Balaban J connectivity index is 4.63. The lowest BCUT2D eigenvalue weighted by molar-refractivity contribution is 0.344. The van der Waals surface area contributed by atoms with Gasteiger partial charge in [-0.3, -0.25) is 0 Å². The van der Waals surface area contributed by atoms with Crippen molar-refractivity contribution in [2.45, 2.75) is 26.7 Å². The highest BCUT2D eigenvalue weighted by molar-refractivity contribution is 5.19. The van der Waals surface area contributed by atoms with Crippen LogP contribution in [0.5, 0.6) is 0 Å². The molecule has 2 atom stereocenters. The van der Waals surface area contributed by atoms with Crippen molar-refractivity contribution in [3.05, 3.63) is 0 Å². The molecule has 0 bridgehead atoms. The first-order chi connectivity index (χ1) is 5.64. The summed E-state index contributed by atoms with van der Waals surface area (Å²) < 4.78 is 0. The highest BCUT2D eigenvalue weighted by atomic mass is 14.4. The fourth-order valence-corrected chi connectivity index (χ4v) is 1.14. The van der Waals surface area contributed by atoms with Crippen LogP contribution >= 0.6 is 0 Å². The van der Waals surface area contributed by atoms with E-state index in [1.807, 2.05) is 6.92 Å². The van der Waals surface area contributed by atoms with Crippen molar-refractivity contribution < 1.29 is 0 Å². The van der Waals surface area contributed by atoms with Crippen molar-refractivity contribution in [1.29, 1.82) is 5.26 Å². The zero-order valence-corrected chi connectivity index (χ0v) is 7.59. The van der Waals surface area contributed by atoms with Crippen LogP contribution in [0.4, 0.5) is 0 Å². The van der Waals surface area contributed by atoms with Crippen LogP contribution in [0.3, 0.4) is 0 Å². The third kappa shape index (κ3) is 2.05. The average Bonchev–Trinajstić information content (AvgIpc) is 2.13. The molecule has 0 aromatic carbocycles. The molecule has 0 rings (SSSR count). The van der Waals surface area contributed by atoms with Gasteiger partial charge in [0.1, 0.15) is 5.41 Å². The van der Waals surface area contributed by atoms with Gasteiger partial charge in [0.15, 0.2) is 0 Å². The van der Waals surface area contributed by atoms with Crippen LogP contribution in [0.1, 0.15) is 26.7 Å². The lowest BCUT2D eigenvalue weighted by atomic mass is 9.76. The molecule has 0 N–H and O–H groups in total. The molecule has 1 nitrogen and oxygen atoms in total. The fourth-order valence-electron chi connectivity index (χ4n) is 1.14. The molecule has 1 unspecified atom stereocenters. The number of hydrogen-bond donors (Lipinski definition) is 0. The van der Waals surface area contributed by atoms with Gasteiger partial charge in [0, 0.05) is 6.42 Å². The molecule has 0 heterocycles. The first-order valence-electron chi connectivity index (χ1n) is 3.97.